The fraction of sp³-hybridized carbons (Fsp3) is 0.200. The monoisotopic (exact) mass is 229 g/mol. The maximum atomic E-state index is 12.5. The zero-order valence-electron chi connectivity index (χ0n) is 7.96. The van der Waals surface area contributed by atoms with Crippen LogP contribution >= 0.6 is 11.6 Å². The molecule has 1 atom stereocenters. The van der Waals surface area contributed by atoms with Gasteiger partial charge in [-0.2, -0.15) is 0 Å². The SMILES string of the molecule is CC(NC(=O)c1ccc(F)cc1)C(=O)Cl. The van der Waals surface area contributed by atoms with Crippen molar-refractivity contribution in [3.63, 3.8) is 0 Å². The van der Waals surface area contributed by atoms with E-state index in [1.807, 2.05) is 0 Å². The highest BCUT2D eigenvalue weighted by molar-refractivity contribution is 6.64. The summed E-state index contributed by atoms with van der Waals surface area (Å²) in [7, 11) is 0. The lowest BCUT2D eigenvalue weighted by atomic mass is 10.2. The minimum atomic E-state index is -0.760. The van der Waals surface area contributed by atoms with E-state index in [1.54, 1.807) is 0 Å². The lowest BCUT2D eigenvalue weighted by Crippen LogP contribution is -2.36. The Kier molecular flexibility index (Phi) is 3.80. The number of hydrogen-bond acceptors (Lipinski definition) is 2. The summed E-state index contributed by atoms with van der Waals surface area (Å²) < 4.78 is 12.5. The van der Waals surface area contributed by atoms with Gasteiger partial charge in [0.05, 0.1) is 0 Å². The molecule has 0 saturated heterocycles. The topological polar surface area (TPSA) is 46.2 Å². The lowest BCUT2D eigenvalue weighted by molar-refractivity contribution is -0.113. The van der Waals surface area contributed by atoms with E-state index in [4.69, 9.17) is 11.6 Å². The van der Waals surface area contributed by atoms with Gasteiger partial charge in [0.25, 0.3) is 5.91 Å². The fourth-order valence-corrected chi connectivity index (χ4v) is 0.993. The molecule has 1 unspecified atom stereocenters. The zero-order chi connectivity index (χ0) is 11.4. The summed E-state index contributed by atoms with van der Waals surface area (Å²) in [6.45, 7) is 1.47. The van der Waals surface area contributed by atoms with Crippen LogP contribution in [0.3, 0.4) is 0 Å². The van der Waals surface area contributed by atoms with Gasteiger partial charge in [-0.05, 0) is 42.8 Å². The Hall–Kier alpha value is -1.42. The smallest absolute Gasteiger partial charge is 0.251 e. The van der Waals surface area contributed by atoms with Crippen LogP contribution in [0.4, 0.5) is 4.39 Å². The van der Waals surface area contributed by atoms with Crippen molar-refractivity contribution in [1.29, 1.82) is 0 Å². The maximum absolute atomic E-state index is 12.5. The molecular formula is C10H9ClFNO2. The normalized spacial score (nSPS) is 11.9. The van der Waals surface area contributed by atoms with Crippen LogP contribution in [0, 0.1) is 5.82 Å². The van der Waals surface area contributed by atoms with Crippen molar-refractivity contribution < 1.29 is 14.0 Å². The van der Waals surface area contributed by atoms with Crippen molar-refractivity contribution in [1.82, 2.24) is 5.32 Å². The van der Waals surface area contributed by atoms with Crippen LogP contribution in [0.25, 0.3) is 0 Å². The molecule has 0 spiro atoms. The Bertz CT molecular complexity index is 378. The van der Waals surface area contributed by atoms with Crippen LogP contribution < -0.4 is 5.32 Å². The molecule has 1 aromatic rings. The van der Waals surface area contributed by atoms with Gasteiger partial charge in [0.1, 0.15) is 11.9 Å². The van der Waals surface area contributed by atoms with E-state index in [0.29, 0.717) is 0 Å². The van der Waals surface area contributed by atoms with Gasteiger partial charge in [0, 0.05) is 5.56 Å². The van der Waals surface area contributed by atoms with Crippen molar-refractivity contribution in [2.24, 2.45) is 0 Å². The van der Waals surface area contributed by atoms with Gasteiger partial charge in [-0.3, -0.25) is 9.59 Å². The standard InChI is InChI=1S/C10H9ClFNO2/c1-6(9(11)14)13-10(15)7-2-4-8(12)5-3-7/h2-6H,1H3,(H,13,15). The molecule has 1 amide bonds. The second-order valence-electron chi connectivity index (χ2n) is 3.01. The van der Waals surface area contributed by atoms with Gasteiger partial charge >= 0.3 is 0 Å². The van der Waals surface area contributed by atoms with Crippen LogP contribution in [0.15, 0.2) is 24.3 Å². The Morgan fingerprint density at radius 1 is 1.33 bits per heavy atom. The Morgan fingerprint density at radius 3 is 2.33 bits per heavy atom. The number of rotatable bonds is 3. The number of carbonyl (C=O) groups excluding carboxylic acids is 2. The first kappa shape index (κ1) is 11.7. The molecule has 0 radical (unpaired) electrons. The molecule has 5 heteroatoms. The quantitative estimate of drug-likeness (QED) is 0.802. The third kappa shape index (κ3) is 3.32. The number of nitrogens with one attached hydrogen (secondary N) is 1. The van der Waals surface area contributed by atoms with Crippen LogP contribution in [0.2, 0.25) is 0 Å². The van der Waals surface area contributed by atoms with Gasteiger partial charge in [-0.25, -0.2) is 4.39 Å². The van der Waals surface area contributed by atoms with E-state index in [1.165, 1.54) is 31.2 Å². The van der Waals surface area contributed by atoms with Crippen LogP contribution in [0.1, 0.15) is 17.3 Å². The fourth-order valence-electron chi connectivity index (χ4n) is 0.938. The third-order valence-electron chi connectivity index (χ3n) is 1.79. The number of carbonyl (C=O) groups is 2. The molecule has 0 bridgehead atoms. The molecule has 3 nitrogen and oxygen atoms in total. The number of hydrogen-bond donors (Lipinski definition) is 1. The van der Waals surface area contributed by atoms with Crippen molar-refractivity contribution in [2.75, 3.05) is 0 Å². The summed E-state index contributed by atoms with van der Waals surface area (Å²) in [4.78, 5) is 22.1. The molecule has 1 N–H and O–H groups in total. The van der Waals surface area contributed by atoms with E-state index >= 15 is 0 Å². The van der Waals surface area contributed by atoms with Crippen LogP contribution in [-0.2, 0) is 4.79 Å². The second-order valence-corrected chi connectivity index (χ2v) is 3.38. The molecule has 15 heavy (non-hydrogen) atoms. The van der Waals surface area contributed by atoms with Gasteiger partial charge in [-0.1, -0.05) is 0 Å². The molecule has 0 saturated carbocycles. The van der Waals surface area contributed by atoms with E-state index in [2.05, 4.69) is 5.32 Å². The molecule has 0 aromatic heterocycles. The molecular weight excluding hydrogens is 221 g/mol. The van der Waals surface area contributed by atoms with Crippen LogP contribution in [0.5, 0.6) is 0 Å². The van der Waals surface area contributed by atoms with Gasteiger partial charge in [0.2, 0.25) is 5.24 Å². The van der Waals surface area contributed by atoms with E-state index in [9.17, 15) is 14.0 Å². The highest BCUT2D eigenvalue weighted by Crippen LogP contribution is 2.03. The van der Waals surface area contributed by atoms with Gasteiger partial charge in [0.15, 0.2) is 0 Å². The summed E-state index contributed by atoms with van der Waals surface area (Å²) in [5.41, 5.74) is 0.279. The highest BCUT2D eigenvalue weighted by Gasteiger charge is 2.14. The Labute approximate surface area is 91.2 Å². The summed E-state index contributed by atoms with van der Waals surface area (Å²) >= 11 is 5.17. The van der Waals surface area contributed by atoms with E-state index in [0.717, 1.165) is 0 Å². The first-order valence-corrected chi connectivity index (χ1v) is 4.64. The minimum Gasteiger partial charge on any atom is -0.341 e. The van der Waals surface area contributed by atoms with E-state index in [-0.39, 0.29) is 5.56 Å². The number of amides is 1. The molecule has 0 aliphatic carbocycles. The first-order chi connectivity index (χ1) is 7.00. The predicted molar refractivity (Wildman–Crippen MR) is 54.2 cm³/mol. The van der Waals surface area contributed by atoms with Gasteiger partial charge < -0.3 is 5.32 Å². The zero-order valence-corrected chi connectivity index (χ0v) is 8.72. The van der Waals surface area contributed by atoms with Gasteiger partial charge in [-0.15, -0.1) is 0 Å². The number of benzene rings is 1. The lowest BCUT2D eigenvalue weighted by Gasteiger charge is -2.08. The average Bonchev–Trinajstić information content (AvgIpc) is 2.18. The molecule has 0 aliphatic heterocycles. The Morgan fingerprint density at radius 2 is 1.87 bits per heavy atom. The molecule has 1 rings (SSSR count). The second kappa shape index (κ2) is 4.89. The minimum absolute atomic E-state index is 0.279. The highest BCUT2D eigenvalue weighted by atomic mass is 35.5. The molecule has 80 valence electrons. The third-order valence-corrected chi connectivity index (χ3v) is 2.12. The Balaban J connectivity index is 2.69. The summed E-state index contributed by atoms with van der Waals surface area (Å²) in [5.74, 6) is -0.885. The molecule has 0 fully saturated rings. The summed E-state index contributed by atoms with van der Waals surface area (Å²) in [6, 6.07) is 4.24. The predicted octanol–water partition coefficient (Wildman–Crippen LogP) is 1.71. The molecule has 0 aliphatic rings. The summed E-state index contributed by atoms with van der Waals surface area (Å²) in [6.07, 6.45) is 0. The van der Waals surface area contributed by atoms with E-state index < -0.39 is 23.0 Å². The maximum Gasteiger partial charge on any atom is 0.251 e. The van der Waals surface area contributed by atoms with Crippen molar-refractivity contribution in [3.05, 3.63) is 35.6 Å². The first-order valence-electron chi connectivity index (χ1n) is 4.26. The summed E-state index contributed by atoms with van der Waals surface area (Å²) in [5, 5.41) is 1.72. The largest absolute Gasteiger partial charge is 0.341 e. The van der Waals surface area contributed by atoms with Crippen molar-refractivity contribution in [2.45, 2.75) is 13.0 Å². The van der Waals surface area contributed by atoms with Crippen LogP contribution in [-0.4, -0.2) is 17.2 Å². The molecule has 0 heterocycles. The average molecular weight is 230 g/mol. The number of halogens is 2. The van der Waals surface area contributed by atoms with Crippen molar-refractivity contribution >= 4 is 22.8 Å². The van der Waals surface area contributed by atoms with Crippen molar-refractivity contribution in [3.8, 4) is 0 Å². The molecule has 1 aromatic carbocycles.